The first-order chi connectivity index (χ1) is 49.0. The number of fused-ring (bicyclic) bond motifs is 18. The summed E-state index contributed by atoms with van der Waals surface area (Å²) in [4.78, 5) is 2.56. The molecule has 0 saturated carbocycles. The van der Waals surface area contributed by atoms with Gasteiger partial charge in [-0.15, -0.1) is 0 Å². The van der Waals surface area contributed by atoms with Gasteiger partial charge in [-0.25, -0.2) is 0 Å². The fourth-order valence-corrected chi connectivity index (χ4v) is 17.3. The van der Waals surface area contributed by atoms with E-state index in [-0.39, 0.29) is 5.92 Å². The minimum absolute atomic E-state index is 0.0567. The van der Waals surface area contributed by atoms with E-state index >= 15 is 0 Å². The van der Waals surface area contributed by atoms with Crippen LogP contribution in [0.1, 0.15) is 66.2 Å². The Morgan fingerprint density at radius 3 is 1.48 bits per heavy atom. The average Bonchev–Trinajstić information content (AvgIpc) is 1.55. The van der Waals surface area contributed by atoms with Crippen molar-refractivity contribution < 1.29 is 0 Å². The number of anilines is 2. The average molecular weight is 1270 g/mol. The third-order valence-corrected chi connectivity index (χ3v) is 21.5. The largest absolute Gasteiger partial charge is 0.341 e. The van der Waals surface area contributed by atoms with E-state index in [0.717, 1.165) is 82.7 Å². The van der Waals surface area contributed by atoms with Crippen molar-refractivity contribution in [2.24, 2.45) is 0 Å². The van der Waals surface area contributed by atoms with Gasteiger partial charge in [0.1, 0.15) is 0 Å². The van der Waals surface area contributed by atoms with Crippen molar-refractivity contribution in [3.05, 3.63) is 331 Å². The highest BCUT2D eigenvalue weighted by molar-refractivity contribution is 6.28. The molecule has 0 saturated heterocycles. The van der Waals surface area contributed by atoms with Crippen LogP contribution in [0.15, 0.2) is 297 Å². The Morgan fingerprint density at radius 1 is 0.394 bits per heavy atom. The van der Waals surface area contributed by atoms with Gasteiger partial charge in [-0.1, -0.05) is 201 Å². The van der Waals surface area contributed by atoms with Crippen LogP contribution >= 0.6 is 0 Å². The number of para-hydroxylation sites is 8. The van der Waals surface area contributed by atoms with Gasteiger partial charge in [-0.2, -0.15) is 0 Å². The summed E-state index contributed by atoms with van der Waals surface area (Å²) in [6.07, 6.45) is 20.7. The van der Waals surface area contributed by atoms with Gasteiger partial charge in [-0.3, -0.25) is 0 Å². The quantitative estimate of drug-likeness (QED) is 0.120. The zero-order valence-electron chi connectivity index (χ0n) is 55.3. The maximum atomic E-state index is 2.56. The molecule has 0 amide bonds. The number of aryl methyl sites for hydroxylation is 1. The zero-order valence-corrected chi connectivity index (χ0v) is 55.3. The lowest BCUT2D eigenvalue weighted by Gasteiger charge is -2.29. The molecule has 0 spiro atoms. The van der Waals surface area contributed by atoms with Crippen LogP contribution in [0.25, 0.3) is 150 Å². The smallest absolute Gasteiger partial charge is 0.0641 e. The first-order valence-corrected chi connectivity index (χ1v) is 35.1. The van der Waals surface area contributed by atoms with E-state index in [9.17, 15) is 0 Å². The standard InChI is InChI=1S/C92H69N7/c1-3-93(79-41-18-10-33-69(79)60(2)49-50-61-59-94(80-42-19-11-34-70(61)80)64-31-26-32-65(55-64)95-81-43-20-12-35-71(81)72-36-13-21-44-82(72)95)66-56-67(96-85-47-24-16-39-77(85)89-87(96)53-51-75-73-37-14-22-45-83(73)98(91(75)89)62-27-6-4-7-28-62)58-68(57-66)97-86-48-25-17-40-78(86)90-88(97)54-52-76-74-38-15-23-46-84(74)99(92(76)90)63-29-8-5-9-30-63/h4-12,14-18,20-35,37-41,43-60H,3,13,19,36,42H2,1-2H3/b50-49-. The van der Waals surface area contributed by atoms with Crippen molar-refractivity contribution in [1.82, 2.24) is 27.4 Å². The molecule has 2 aliphatic rings. The summed E-state index contributed by atoms with van der Waals surface area (Å²) in [7, 11) is 0. The van der Waals surface area contributed by atoms with Gasteiger partial charge in [0.25, 0.3) is 0 Å². The van der Waals surface area contributed by atoms with Crippen LogP contribution in [0, 0.1) is 0 Å². The zero-order chi connectivity index (χ0) is 65.4. The Kier molecular flexibility index (Phi) is 13.0. The van der Waals surface area contributed by atoms with E-state index in [0.29, 0.717) is 0 Å². The maximum Gasteiger partial charge on any atom is 0.0641 e. The molecular weight excluding hydrogens is 1200 g/mol. The summed E-state index contributed by atoms with van der Waals surface area (Å²) >= 11 is 0. The lowest BCUT2D eigenvalue weighted by Crippen LogP contribution is -2.19. The summed E-state index contributed by atoms with van der Waals surface area (Å²) in [6.45, 7) is 5.40. The van der Waals surface area contributed by atoms with Crippen molar-refractivity contribution in [1.29, 1.82) is 0 Å². The van der Waals surface area contributed by atoms with Crippen molar-refractivity contribution in [2.45, 2.75) is 45.4 Å². The number of benzene rings is 12. The van der Waals surface area contributed by atoms with Crippen molar-refractivity contribution in [2.75, 3.05) is 11.4 Å². The minimum Gasteiger partial charge on any atom is -0.341 e. The second kappa shape index (κ2) is 22.7. The Bertz CT molecular complexity index is 6180. The number of allylic oxidation sites excluding steroid dienone is 3. The second-order valence-electron chi connectivity index (χ2n) is 26.9. The summed E-state index contributed by atoms with van der Waals surface area (Å²) in [6, 6.07) is 102. The van der Waals surface area contributed by atoms with Gasteiger partial charge in [0, 0.05) is 118 Å². The first-order valence-electron chi connectivity index (χ1n) is 35.1. The van der Waals surface area contributed by atoms with Crippen molar-refractivity contribution in [3.63, 3.8) is 0 Å². The molecule has 12 aromatic carbocycles. The molecule has 6 aromatic heterocycles. The fourth-order valence-electron chi connectivity index (χ4n) is 17.3. The number of nitrogens with zero attached hydrogens (tertiary/aromatic N) is 7. The SMILES string of the molecule is CCN(c1cc(-n2c3ccccc3c3c2ccc2c4ccccc4n(-c4ccccc4)c23)cc(-n2c3ccccc3c3c2ccc2c4ccccc4n(-c4ccccc4)c23)c1)c1ccccc1C(C)/C=C\c1cn(-c2cccc(-n3c4c(c5ccccc53)CCC=C4)c2)c2c1C=CCC2. The highest BCUT2D eigenvalue weighted by Gasteiger charge is 2.27. The van der Waals surface area contributed by atoms with E-state index in [4.69, 9.17) is 0 Å². The summed E-state index contributed by atoms with van der Waals surface area (Å²) in [5.74, 6) is 0.0567. The number of hydrogen-bond donors (Lipinski definition) is 0. The van der Waals surface area contributed by atoms with Gasteiger partial charge < -0.3 is 32.3 Å². The Morgan fingerprint density at radius 2 is 0.879 bits per heavy atom. The molecule has 6 heterocycles. The van der Waals surface area contributed by atoms with Gasteiger partial charge in [0.05, 0.1) is 61.0 Å². The van der Waals surface area contributed by atoms with Crippen LogP contribution in [0.4, 0.5) is 11.4 Å². The van der Waals surface area contributed by atoms with Crippen LogP contribution in [-0.2, 0) is 12.8 Å². The maximum absolute atomic E-state index is 2.56. The lowest BCUT2D eigenvalue weighted by atomic mass is 9.95. The fraction of sp³-hybridized carbons (Fsp3) is 0.0870. The molecule has 18 aromatic rings. The summed E-state index contributed by atoms with van der Waals surface area (Å²) in [5, 5.41) is 11.2. The molecule has 2 aliphatic carbocycles. The highest BCUT2D eigenvalue weighted by Crippen LogP contribution is 2.47. The Labute approximate surface area is 573 Å². The van der Waals surface area contributed by atoms with Crippen LogP contribution in [0.2, 0.25) is 0 Å². The number of hydrogen-bond acceptors (Lipinski definition) is 1. The first kappa shape index (κ1) is 57.0. The van der Waals surface area contributed by atoms with E-state index in [1.54, 1.807) is 0 Å². The summed E-state index contributed by atoms with van der Waals surface area (Å²) in [5.41, 5.74) is 27.6. The van der Waals surface area contributed by atoms with Crippen LogP contribution in [0.5, 0.6) is 0 Å². The molecular formula is C92H69N7. The number of rotatable bonds is 12. The lowest BCUT2D eigenvalue weighted by molar-refractivity contribution is 0.873. The van der Waals surface area contributed by atoms with Crippen LogP contribution < -0.4 is 4.90 Å². The number of aromatic nitrogens is 6. The second-order valence-corrected chi connectivity index (χ2v) is 26.9. The van der Waals surface area contributed by atoms with E-state index < -0.39 is 0 Å². The molecule has 0 fully saturated rings. The van der Waals surface area contributed by atoms with E-state index in [2.05, 4.69) is 362 Å². The normalized spacial score (nSPS) is 13.5. The van der Waals surface area contributed by atoms with Crippen molar-refractivity contribution >= 4 is 128 Å². The molecule has 0 radical (unpaired) electrons. The van der Waals surface area contributed by atoms with Crippen LogP contribution in [-0.4, -0.2) is 33.9 Å². The molecule has 1 atom stereocenters. The molecule has 0 aliphatic heterocycles. The van der Waals surface area contributed by atoms with Crippen molar-refractivity contribution in [3.8, 4) is 34.1 Å². The minimum atomic E-state index is 0.0567. The molecule has 7 heteroatoms. The molecule has 7 nitrogen and oxygen atoms in total. The third-order valence-electron chi connectivity index (χ3n) is 21.5. The highest BCUT2D eigenvalue weighted by atomic mass is 15.1. The van der Waals surface area contributed by atoms with Gasteiger partial charge >= 0.3 is 0 Å². The molecule has 0 bridgehead atoms. The predicted octanol–water partition coefficient (Wildman–Crippen LogP) is 23.7. The Balaban J connectivity index is 0.772. The molecule has 1 unspecified atom stereocenters. The van der Waals surface area contributed by atoms with Crippen LogP contribution in [0.3, 0.4) is 0 Å². The monoisotopic (exact) mass is 1270 g/mol. The summed E-state index contributed by atoms with van der Waals surface area (Å²) < 4.78 is 15.0. The van der Waals surface area contributed by atoms with Gasteiger partial charge in [-0.05, 0) is 165 Å². The third kappa shape index (κ3) is 8.69. The predicted molar refractivity (Wildman–Crippen MR) is 418 cm³/mol. The molecule has 0 N–H and O–H groups in total. The van der Waals surface area contributed by atoms with E-state index in [1.807, 2.05) is 0 Å². The topological polar surface area (TPSA) is 32.8 Å². The Hall–Kier alpha value is -12.3. The molecule has 20 rings (SSSR count). The van der Waals surface area contributed by atoms with Gasteiger partial charge in [0.15, 0.2) is 0 Å². The van der Waals surface area contributed by atoms with Gasteiger partial charge in [0.2, 0.25) is 0 Å². The molecule has 472 valence electrons. The molecule has 99 heavy (non-hydrogen) atoms. The van der Waals surface area contributed by atoms with E-state index in [1.165, 1.54) is 127 Å².